The van der Waals surface area contributed by atoms with Gasteiger partial charge in [-0.05, 0) is 0 Å². The number of nitrogens with zero attached hydrogens (tertiary/aromatic N) is 1. The molecular formula is C10H22LiN. The van der Waals surface area contributed by atoms with Gasteiger partial charge >= 0.3 is 18.9 Å². The van der Waals surface area contributed by atoms with Crippen LogP contribution in [0.5, 0.6) is 0 Å². The van der Waals surface area contributed by atoms with Crippen LogP contribution in [0.15, 0.2) is 0 Å². The molecule has 0 saturated heterocycles. The number of hydrogen-bond acceptors (Lipinski definition) is 0. The average Bonchev–Trinajstić information content (AvgIpc) is 2.03. The standard InChI is InChI=1S/C10H22N.Li/c1-3-5-7-8-10-11-9-6-4-2;/h3-10H2,1-2H3;/q-1;+1. The average molecular weight is 163 g/mol. The first kappa shape index (κ1) is 15.0. The minimum atomic E-state index is 0. The molecule has 0 unspecified atom stereocenters. The van der Waals surface area contributed by atoms with Crippen molar-refractivity contribution in [3.05, 3.63) is 5.32 Å². The molecule has 0 aliphatic heterocycles. The van der Waals surface area contributed by atoms with Gasteiger partial charge in [0.05, 0.1) is 0 Å². The smallest absolute Gasteiger partial charge is 0.662 e. The second kappa shape index (κ2) is 14.1. The number of unbranched alkanes of at least 4 members (excludes halogenated alkanes) is 4. The van der Waals surface area contributed by atoms with E-state index in [9.17, 15) is 0 Å². The fraction of sp³-hybridized carbons (Fsp3) is 1.00. The van der Waals surface area contributed by atoms with E-state index in [1.165, 1.54) is 38.5 Å². The summed E-state index contributed by atoms with van der Waals surface area (Å²) in [6.45, 7) is 6.64. The molecule has 0 spiro atoms. The van der Waals surface area contributed by atoms with Crippen LogP contribution in [0.2, 0.25) is 0 Å². The molecule has 0 aliphatic carbocycles. The third-order valence-electron chi connectivity index (χ3n) is 1.84. The quantitative estimate of drug-likeness (QED) is 0.370. The van der Waals surface area contributed by atoms with Crippen molar-refractivity contribution in [2.45, 2.75) is 52.4 Å². The molecular weight excluding hydrogens is 141 g/mol. The predicted molar refractivity (Wildman–Crippen MR) is 52.1 cm³/mol. The molecule has 1 nitrogen and oxygen atoms in total. The van der Waals surface area contributed by atoms with Crippen LogP contribution in [0.3, 0.4) is 0 Å². The summed E-state index contributed by atoms with van der Waals surface area (Å²) in [7, 11) is 0. The zero-order chi connectivity index (χ0) is 8.36. The van der Waals surface area contributed by atoms with E-state index in [1.807, 2.05) is 0 Å². The minimum absolute atomic E-state index is 0. The van der Waals surface area contributed by atoms with Crippen LogP contribution in [-0.4, -0.2) is 13.1 Å². The van der Waals surface area contributed by atoms with Crippen molar-refractivity contribution in [2.24, 2.45) is 0 Å². The van der Waals surface area contributed by atoms with Crippen LogP contribution < -0.4 is 18.9 Å². The first-order valence-electron chi connectivity index (χ1n) is 5.05. The predicted octanol–water partition coefficient (Wildman–Crippen LogP) is 0.744. The van der Waals surface area contributed by atoms with Crippen molar-refractivity contribution in [1.29, 1.82) is 0 Å². The molecule has 0 bridgehead atoms. The summed E-state index contributed by atoms with van der Waals surface area (Å²) < 4.78 is 0. The van der Waals surface area contributed by atoms with Gasteiger partial charge < -0.3 is 5.32 Å². The Morgan fingerprint density at radius 3 is 1.92 bits per heavy atom. The molecule has 0 rings (SSSR count). The first-order chi connectivity index (χ1) is 5.41. The maximum atomic E-state index is 4.43. The maximum Gasteiger partial charge on any atom is 1.00 e. The van der Waals surface area contributed by atoms with E-state index in [0.717, 1.165) is 13.1 Å². The van der Waals surface area contributed by atoms with Crippen molar-refractivity contribution >= 4 is 0 Å². The fourth-order valence-electron chi connectivity index (χ4n) is 1.03. The Kier molecular flexibility index (Phi) is 17.7. The van der Waals surface area contributed by atoms with E-state index in [2.05, 4.69) is 19.2 Å². The Balaban J connectivity index is 0. The SMILES string of the molecule is CCCCCC[N-]CCCC.[Li+]. The van der Waals surface area contributed by atoms with Crippen molar-refractivity contribution in [1.82, 2.24) is 0 Å². The maximum absolute atomic E-state index is 4.43. The molecule has 0 radical (unpaired) electrons. The second-order valence-electron chi connectivity index (χ2n) is 3.09. The van der Waals surface area contributed by atoms with Gasteiger partial charge in [-0.3, -0.25) is 0 Å². The number of rotatable bonds is 8. The van der Waals surface area contributed by atoms with Gasteiger partial charge in [0, 0.05) is 0 Å². The summed E-state index contributed by atoms with van der Waals surface area (Å²) in [5.41, 5.74) is 0. The third kappa shape index (κ3) is 13.2. The van der Waals surface area contributed by atoms with Gasteiger partial charge in [-0.25, -0.2) is 0 Å². The Morgan fingerprint density at radius 1 is 0.750 bits per heavy atom. The fourth-order valence-corrected chi connectivity index (χ4v) is 1.03. The Morgan fingerprint density at radius 2 is 1.33 bits per heavy atom. The molecule has 0 fully saturated rings. The summed E-state index contributed by atoms with van der Waals surface area (Å²) in [6.07, 6.45) is 7.92. The molecule has 0 N–H and O–H groups in total. The van der Waals surface area contributed by atoms with E-state index < -0.39 is 0 Å². The Hall–Kier alpha value is 0.557. The van der Waals surface area contributed by atoms with E-state index >= 15 is 0 Å². The van der Waals surface area contributed by atoms with E-state index in [0.29, 0.717) is 0 Å². The summed E-state index contributed by atoms with van der Waals surface area (Å²) in [5, 5.41) is 4.43. The van der Waals surface area contributed by atoms with Gasteiger partial charge in [-0.15, -0.1) is 13.1 Å². The molecule has 0 saturated carbocycles. The molecule has 0 atom stereocenters. The van der Waals surface area contributed by atoms with Crippen molar-refractivity contribution in [2.75, 3.05) is 13.1 Å². The normalized spacial score (nSPS) is 9.50. The first-order valence-corrected chi connectivity index (χ1v) is 5.05. The molecule has 2 heteroatoms. The van der Waals surface area contributed by atoms with Crippen LogP contribution in [-0.2, 0) is 0 Å². The molecule has 0 aromatic heterocycles. The minimum Gasteiger partial charge on any atom is -0.662 e. The third-order valence-corrected chi connectivity index (χ3v) is 1.84. The Labute approximate surface area is 89.9 Å². The topological polar surface area (TPSA) is 14.1 Å². The Bertz CT molecular complexity index is 58.9. The summed E-state index contributed by atoms with van der Waals surface area (Å²) in [5.74, 6) is 0. The summed E-state index contributed by atoms with van der Waals surface area (Å²) in [4.78, 5) is 0. The molecule has 68 valence electrons. The van der Waals surface area contributed by atoms with E-state index in [1.54, 1.807) is 0 Å². The largest absolute Gasteiger partial charge is 1.00 e. The van der Waals surface area contributed by atoms with Gasteiger partial charge in [-0.2, -0.15) is 0 Å². The summed E-state index contributed by atoms with van der Waals surface area (Å²) in [6, 6.07) is 0. The molecule has 0 aromatic carbocycles. The monoisotopic (exact) mass is 163 g/mol. The van der Waals surface area contributed by atoms with Gasteiger partial charge in [0.2, 0.25) is 0 Å². The van der Waals surface area contributed by atoms with Gasteiger partial charge in [0.1, 0.15) is 0 Å². The van der Waals surface area contributed by atoms with Crippen molar-refractivity contribution in [3.8, 4) is 0 Å². The van der Waals surface area contributed by atoms with Crippen LogP contribution in [0.4, 0.5) is 0 Å². The molecule has 12 heavy (non-hydrogen) atoms. The van der Waals surface area contributed by atoms with Gasteiger partial charge in [0.25, 0.3) is 0 Å². The van der Waals surface area contributed by atoms with Gasteiger partial charge in [-0.1, -0.05) is 52.4 Å². The van der Waals surface area contributed by atoms with Crippen molar-refractivity contribution < 1.29 is 18.9 Å². The zero-order valence-electron chi connectivity index (χ0n) is 9.10. The summed E-state index contributed by atoms with van der Waals surface area (Å²) >= 11 is 0. The number of hydrogen-bond donors (Lipinski definition) is 0. The zero-order valence-corrected chi connectivity index (χ0v) is 9.10. The van der Waals surface area contributed by atoms with Crippen LogP contribution in [0.25, 0.3) is 5.32 Å². The molecule has 0 amide bonds. The van der Waals surface area contributed by atoms with Crippen LogP contribution in [0, 0.1) is 0 Å². The van der Waals surface area contributed by atoms with Gasteiger partial charge in [0.15, 0.2) is 0 Å². The second-order valence-corrected chi connectivity index (χ2v) is 3.09. The van der Waals surface area contributed by atoms with Crippen LogP contribution >= 0.6 is 0 Å². The van der Waals surface area contributed by atoms with E-state index in [-0.39, 0.29) is 18.9 Å². The van der Waals surface area contributed by atoms with E-state index in [4.69, 9.17) is 0 Å². The molecule has 0 heterocycles. The van der Waals surface area contributed by atoms with Crippen LogP contribution in [0.1, 0.15) is 52.4 Å². The van der Waals surface area contributed by atoms with Crippen molar-refractivity contribution in [3.63, 3.8) is 0 Å². The molecule has 0 aliphatic rings. The molecule has 0 aromatic rings.